The molecule has 1 N–H and O–H groups in total. The van der Waals surface area contributed by atoms with E-state index < -0.39 is 6.04 Å². The number of hydrogen-bond donors (Lipinski definition) is 1. The lowest BCUT2D eigenvalue weighted by atomic mass is 10.0. The average molecular weight is 429 g/mol. The van der Waals surface area contributed by atoms with Crippen molar-refractivity contribution in [1.82, 2.24) is 10.2 Å². The second-order valence-corrected chi connectivity index (χ2v) is 8.90. The number of ether oxygens (including phenoxy) is 1. The van der Waals surface area contributed by atoms with Gasteiger partial charge in [0.05, 0.1) is 13.5 Å². The third-order valence-electron chi connectivity index (χ3n) is 5.65. The summed E-state index contributed by atoms with van der Waals surface area (Å²) < 4.78 is 5.39. The Balaban J connectivity index is 1.91. The molecule has 2 amide bonds. The number of hydrogen-bond acceptors (Lipinski definition) is 4. The van der Waals surface area contributed by atoms with Gasteiger partial charge in [0, 0.05) is 17.5 Å². The molecule has 1 aliphatic carbocycles. The van der Waals surface area contributed by atoms with E-state index in [-0.39, 0.29) is 17.9 Å². The number of methoxy groups -OCH3 is 1. The van der Waals surface area contributed by atoms with E-state index >= 15 is 0 Å². The van der Waals surface area contributed by atoms with Crippen LogP contribution >= 0.6 is 11.3 Å². The first-order valence-corrected chi connectivity index (χ1v) is 11.8. The Morgan fingerprint density at radius 3 is 2.70 bits per heavy atom. The molecule has 0 radical (unpaired) electrons. The van der Waals surface area contributed by atoms with Crippen LogP contribution in [0.25, 0.3) is 0 Å². The Bertz CT molecular complexity index is 816. The molecule has 5 nitrogen and oxygen atoms in total. The Morgan fingerprint density at radius 1 is 1.23 bits per heavy atom. The van der Waals surface area contributed by atoms with Gasteiger partial charge in [-0.05, 0) is 48.4 Å². The smallest absolute Gasteiger partial charge is 0.247 e. The first kappa shape index (κ1) is 22.3. The second-order valence-electron chi connectivity index (χ2n) is 7.87. The Hall–Kier alpha value is -2.34. The standard InChI is InChI=1S/C24H32N2O3S/c1-3-4-14-26(22(27)17-21-13-8-15-30-21)23(18-9-7-12-20(16-18)29-2)24(28)25-19-10-5-6-11-19/h7-9,12-13,15-16,19,23H,3-6,10-11,14,17H2,1-2H3,(H,25,28). The highest BCUT2D eigenvalue weighted by Crippen LogP contribution is 2.28. The highest BCUT2D eigenvalue weighted by atomic mass is 32.1. The summed E-state index contributed by atoms with van der Waals surface area (Å²) in [5.74, 6) is 0.582. The lowest BCUT2D eigenvalue weighted by Crippen LogP contribution is -2.46. The zero-order chi connectivity index (χ0) is 21.3. The summed E-state index contributed by atoms with van der Waals surface area (Å²) >= 11 is 1.57. The van der Waals surface area contributed by atoms with Crippen LogP contribution < -0.4 is 10.1 Å². The van der Waals surface area contributed by atoms with Crippen molar-refractivity contribution in [3.05, 3.63) is 52.2 Å². The van der Waals surface area contributed by atoms with Crippen molar-refractivity contribution in [2.75, 3.05) is 13.7 Å². The lowest BCUT2D eigenvalue weighted by Gasteiger charge is -2.32. The van der Waals surface area contributed by atoms with Crippen LogP contribution in [-0.4, -0.2) is 36.4 Å². The maximum Gasteiger partial charge on any atom is 0.247 e. The summed E-state index contributed by atoms with van der Waals surface area (Å²) in [6.45, 7) is 2.65. The van der Waals surface area contributed by atoms with E-state index in [0.29, 0.717) is 18.7 Å². The Morgan fingerprint density at radius 2 is 2.03 bits per heavy atom. The molecule has 0 saturated heterocycles. The third kappa shape index (κ3) is 5.85. The van der Waals surface area contributed by atoms with Gasteiger partial charge in [0.25, 0.3) is 0 Å². The van der Waals surface area contributed by atoms with Crippen LogP contribution in [0.3, 0.4) is 0 Å². The Labute approximate surface area is 183 Å². The summed E-state index contributed by atoms with van der Waals surface area (Å²) in [5, 5.41) is 5.19. The van der Waals surface area contributed by atoms with E-state index in [2.05, 4.69) is 12.2 Å². The molecule has 0 bridgehead atoms. The molecule has 1 unspecified atom stereocenters. The van der Waals surface area contributed by atoms with Gasteiger partial charge < -0.3 is 15.0 Å². The van der Waals surface area contributed by atoms with Gasteiger partial charge in [-0.3, -0.25) is 9.59 Å². The van der Waals surface area contributed by atoms with E-state index in [4.69, 9.17) is 4.74 Å². The topological polar surface area (TPSA) is 58.6 Å². The van der Waals surface area contributed by atoms with Crippen molar-refractivity contribution < 1.29 is 14.3 Å². The molecular weight excluding hydrogens is 396 g/mol. The van der Waals surface area contributed by atoms with Gasteiger partial charge in [0.1, 0.15) is 11.8 Å². The van der Waals surface area contributed by atoms with Crippen LogP contribution in [-0.2, 0) is 16.0 Å². The van der Waals surface area contributed by atoms with E-state index in [9.17, 15) is 9.59 Å². The molecule has 1 heterocycles. The van der Waals surface area contributed by atoms with Crippen LogP contribution in [0.15, 0.2) is 41.8 Å². The maximum absolute atomic E-state index is 13.5. The lowest BCUT2D eigenvalue weighted by molar-refractivity contribution is -0.140. The zero-order valence-electron chi connectivity index (χ0n) is 17.9. The highest BCUT2D eigenvalue weighted by Gasteiger charge is 2.33. The fourth-order valence-electron chi connectivity index (χ4n) is 4.02. The number of benzene rings is 1. The monoisotopic (exact) mass is 428 g/mol. The van der Waals surface area contributed by atoms with Gasteiger partial charge in [-0.2, -0.15) is 0 Å². The van der Waals surface area contributed by atoms with Crippen molar-refractivity contribution in [3.8, 4) is 5.75 Å². The number of carbonyl (C=O) groups excluding carboxylic acids is 2. The normalized spacial score (nSPS) is 15.0. The number of unbranched alkanes of at least 4 members (excludes halogenated alkanes) is 1. The molecule has 0 spiro atoms. The largest absolute Gasteiger partial charge is 0.497 e. The summed E-state index contributed by atoms with van der Waals surface area (Å²) in [6.07, 6.45) is 6.43. The highest BCUT2D eigenvalue weighted by molar-refractivity contribution is 7.10. The van der Waals surface area contributed by atoms with Gasteiger partial charge in [-0.15, -0.1) is 11.3 Å². The number of rotatable bonds is 10. The van der Waals surface area contributed by atoms with Gasteiger partial charge >= 0.3 is 0 Å². The number of amides is 2. The molecular formula is C24H32N2O3S. The average Bonchev–Trinajstić information content (AvgIpc) is 3.45. The Kier molecular flexibility index (Phi) is 8.31. The molecule has 162 valence electrons. The van der Waals surface area contributed by atoms with E-state index in [1.54, 1.807) is 23.3 Å². The molecule has 6 heteroatoms. The number of carbonyl (C=O) groups is 2. The van der Waals surface area contributed by atoms with Crippen molar-refractivity contribution in [2.45, 2.75) is 64.0 Å². The van der Waals surface area contributed by atoms with Gasteiger partial charge in [-0.1, -0.05) is 44.4 Å². The summed E-state index contributed by atoms with van der Waals surface area (Å²) in [5.41, 5.74) is 0.792. The molecule has 1 aromatic carbocycles. The quantitative estimate of drug-likeness (QED) is 0.595. The zero-order valence-corrected chi connectivity index (χ0v) is 18.7. The maximum atomic E-state index is 13.5. The minimum absolute atomic E-state index is 0.0136. The molecule has 1 saturated carbocycles. The first-order valence-electron chi connectivity index (χ1n) is 10.9. The second kappa shape index (κ2) is 11.2. The summed E-state index contributed by atoms with van der Waals surface area (Å²) in [7, 11) is 1.61. The van der Waals surface area contributed by atoms with Crippen LogP contribution in [0, 0.1) is 0 Å². The minimum Gasteiger partial charge on any atom is -0.497 e. The van der Waals surface area contributed by atoms with E-state index in [0.717, 1.165) is 49.0 Å². The molecule has 1 fully saturated rings. The number of nitrogens with one attached hydrogen (secondary N) is 1. The van der Waals surface area contributed by atoms with E-state index in [1.807, 2.05) is 41.8 Å². The predicted octanol–water partition coefficient (Wildman–Crippen LogP) is 4.73. The molecule has 1 aromatic heterocycles. The van der Waals surface area contributed by atoms with Crippen LogP contribution in [0.4, 0.5) is 0 Å². The first-order chi connectivity index (χ1) is 14.6. The number of nitrogens with zero attached hydrogens (tertiary/aromatic N) is 1. The van der Waals surface area contributed by atoms with Crippen molar-refractivity contribution in [1.29, 1.82) is 0 Å². The minimum atomic E-state index is -0.653. The van der Waals surface area contributed by atoms with Crippen LogP contribution in [0.1, 0.15) is 61.9 Å². The molecule has 2 aromatic rings. The van der Waals surface area contributed by atoms with Crippen molar-refractivity contribution >= 4 is 23.2 Å². The number of thiophene rings is 1. The molecule has 1 aliphatic rings. The van der Waals surface area contributed by atoms with Gasteiger partial charge in [-0.25, -0.2) is 0 Å². The fourth-order valence-corrected chi connectivity index (χ4v) is 4.72. The molecule has 1 atom stereocenters. The van der Waals surface area contributed by atoms with Crippen LogP contribution in [0.2, 0.25) is 0 Å². The molecule has 3 rings (SSSR count). The molecule has 30 heavy (non-hydrogen) atoms. The van der Waals surface area contributed by atoms with Crippen LogP contribution in [0.5, 0.6) is 5.75 Å². The summed E-state index contributed by atoms with van der Waals surface area (Å²) in [4.78, 5) is 29.6. The van der Waals surface area contributed by atoms with Gasteiger partial charge in [0.2, 0.25) is 11.8 Å². The van der Waals surface area contributed by atoms with Crippen molar-refractivity contribution in [2.24, 2.45) is 0 Å². The van der Waals surface area contributed by atoms with E-state index in [1.165, 1.54) is 0 Å². The molecule has 0 aliphatic heterocycles. The fraction of sp³-hybridized carbons (Fsp3) is 0.500. The van der Waals surface area contributed by atoms with Crippen molar-refractivity contribution in [3.63, 3.8) is 0 Å². The summed E-state index contributed by atoms with van der Waals surface area (Å²) in [6, 6.07) is 11.0. The predicted molar refractivity (Wildman–Crippen MR) is 121 cm³/mol. The third-order valence-corrected chi connectivity index (χ3v) is 6.53. The SMILES string of the molecule is CCCCN(C(=O)Cc1cccs1)C(C(=O)NC1CCCC1)c1cccc(OC)c1. The van der Waals surface area contributed by atoms with Gasteiger partial charge in [0.15, 0.2) is 0 Å².